The van der Waals surface area contributed by atoms with Gasteiger partial charge in [-0.05, 0) is 36.8 Å². The second kappa shape index (κ2) is 11.1. The molecule has 1 fully saturated rings. The van der Waals surface area contributed by atoms with Gasteiger partial charge < -0.3 is 29.7 Å². The Hall–Kier alpha value is -3.72. The van der Waals surface area contributed by atoms with Gasteiger partial charge in [-0.15, -0.1) is 0 Å². The molecule has 1 atom stereocenters. The first kappa shape index (κ1) is 24.4. The van der Waals surface area contributed by atoms with Crippen LogP contribution in [0.4, 0.5) is 10.5 Å². The van der Waals surface area contributed by atoms with Crippen LogP contribution in [-0.2, 0) is 9.53 Å². The van der Waals surface area contributed by atoms with E-state index in [0.29, 0.717) is 30.2 Å². The van der Waals surface area contributed by atoms with Gasteiger partial charge in [0.25, 0.3) is 0 Å². The van der Waals surface area contributed by atoms with Crippen LogP contribution in [0, 0.1) is 0 Å². The van der Waals surface area contributed by atoms with E-state index in [1.807, 2.05) is 37.3 Å². The number of ether oxygens (including phenoxy) is 3. The molecule has 9 heteroatoms. The highest BCUT2D eigenvalue weighted by molar-refractivity contribution is 5.95. The maximum absolute atomic E-state index is 12.8. The third kappa shape index (κ3) is 5.51. The average Bonchev–Trinajstić information content (AvgIpc) is 2.89. The molecule has 0 saturated carbocycles. The summed E-state index contributed by atoms with van der Waals surface area (Å²) in [6.07, 6.45) is 0. The number of amides is 2. The van der Waals surface area contributed by atoms with Gasteiger partial charge in [0.15, 0.2) is 0 Å². The lowest BCUT2D eigenvalue weighted by molar-refractivity contribution is -0.136. The first-order valence-electron chi connectivity index (χ1n) is 11.8. The number of carbonyl (C=O) groups excluding carboxylic acids is 2. The van der Waals surface area contributed by atoms with Gasteiger partial charge >= 0.3 is 12.0 Å². The molecule has 9 nitrogen and oxygen atoms in total. The van der Waals surface area contributed by atoms with Gasteiger partial charge in [-0.1, -0.05) is 24.3 Å². The van der Waals surface area contributed by atoms with Crippen LogP contribution in [-0.4, -0.2) is 70.5 Å². The van der Waals surface area contributed by atoms with Crippen molar-refractivity contribution in [3.8, 4) is 11.5 Å². The van der Waals surface area contributed by atoms with Gasteiger partial charge in [0.1, 0.15) is 11.5 Å². The minimum atomic E-state index is -0.614. The number of nitrogens with zero attached hydrogens (tertiary/aromatic N) is 2. The van der Waals surface area contributed by atoms with E-state index in [0.717, 1.165) is 43.2 Å². The Morgan fingerprint density at radius 3 is 2.40 bits per heavy atom. The summed E-state index contributed by atoms with van der Waals surface area (Å²) in [6, 6.07) is 14.4. The number of carbonyl (C=O) groups is 2. The molecular formula is C26H32N4O5. The summed E-state index contributed by atoms with van der Waals surface area (Å²) < 4.78 is 16.1. The van der Waals surface area contributed by atoms with Crippen molar-refractivity contribution in [1.29, 1.82) is 0 Å². The molecule has 2 aliphatic rings. The number of rotatable bonds is 8. The Morgan fingerprint density at radius 1 is 1.03 bits per heavy atom. The summed E-state index contributed by atoms with van der Waals surface area (Å²) in [6.45, 7) is 6.19. The van der Waals surface area contributed by atoms with Crippen LogP contribution < -0.4 is 25.0 Å². The summed E-state index contributed by atoms with van der Waals surface area (Å²) in [4.78, 5) is 29.9. The fraction of sp³-hybridized carbons (Fsp3) is 0.385. The molecule has 1 saturated heterocycles. The molecule has 0 spiro atoms. The molecule has 2 aromatic rings. The van der Waals surface area contributed by atoms with Crippen molar-refractivity contribution in [2.45, 2.75) is 13.0 Å². The molecule has 0 bridgehead atoms. The largest absolute Gasteiger partial charge is 0.497 e. The number of methoxy groups -OCH3 is 2. The molecule has 2 heterocycles. The number of piperazine rings is 1. The normalized spacial score (nSPS) is 18.5. The van der Waals surface area contributed by atoms with E-state index < -0.39 is 12.0 Å². The number of nitrogens with one attached hydrogen (secondary N) is 2. The predicted octanol–water partition coefficient (Wildman–Crippen LogP) is 2.70. The number of hydrogen-bond acceptors (Lipinski definition) is 7. The van der Waals surface area contributed by atoms with Gasteiger partial charge in [-0.3, -0.25) is 4.90 Å². The fourth-order valence-corrected chi connectivity index (χ4v) is 4.51. The number of esters is 1. The number of urea groups is 1. The van der Waals surface area contributed by atoms with Gasteiger partial charge in [0.05, 0.1) is 38.1 Å². The Balaban J connectivity index is 1.53. The highest BCUT2D eigenvalue weighted by Gasteiger charge is 2.34. The van der Waals surface area contributed by atoms with Crippen molar-refractivity contribution in [3.05, 3.63) is 65.4 Å². The van der Waals surface area contributed by atoms with E-state index in [-0.39, 0.29) is 6.03 Å². The number of benzene rings is 2. The zero-order valence-electron chi connectivity index (χ0n) is 20.4. The molecule has 186 valence electrons. The Bertz CT molecular complexity index is 1080. The topological polar surface area (TPSA) is 92.4 Å². The van der Waals surface area contributed by atoms with E-state index in [4.69, 9.17) is 14.2 Å². The maximum Gasteiger partial charge on any atom is 0.338 e. The number of anilines is 1. The van der Waals surface area contributed by atoms with Crippen LogP contribution in [0.5, 0.6) is 11.5 Å². The Morgan fingerprint density at radius 2 is 1.74 bits per heavy atom. The van der Waals surface area contributed by atoms with E-state index in [9.17, 15) is 9.59 Å². The van der Waals surface area contributed by atoms with Crippen molar-refractivity contribution in [1.82, 2.24) is 15.5 Å². The summed E-state index contributed by atoms with van der Waals surface area (Å²) >= 11 is 0. The van der Waals surface area contributed by atoms with Crippen LogP contribution in [0.25, 0.3) is 0 Å². The zero-order chi connectivity index (χ0) is 24.8. The highest BCUT2D eigenvalue weighted by Crippen LogP contribution is 2.31. The van der Waals surface area contributed by atoms with Gasteiger partial charge in [0.2, 0.25) is 0 Å². The van der Waals surface area contributed by atoms with E-state index in [1.165, 1.54) is 7.11 Å². The summed E-state index contributed by atoms with van der Waals surface area (Å²) in [7, 11) is 2.94. The second-order valence-electron chi connectivity index (χ2n) is 8.35. The first-order valence-corrected chi connectivity index (χ1v) is 11.8. The lowest BCUT2D eigenvalue weighted by Gasteiger charge is -2.38. The van der Waals surface area contributed by atoms with Crippen LogP contribution in [0.1, 0.15) is 18.5 Å². The fourth-order valence-electron chi connectivity index (χ4n) is 4.51. The third-order valence-corrected chi connectivity index (χ3v) is 6.27. The summed E-state index contributed by atoms with van der Waals surface area (Å²) in [5.74, 6) is 1.10. The molecule has 35 heavy (non-hydrogen) atoms. The third-order valence-electron chi connectivity index (χ3n) is 6.27. The first-order chi connectivity index (χ1) is 17.0. The van der Waals surface area contributed by atoms with Gasteiger partial charge in [0, 0.05) is 38.4 Å². The SMILES string of the molecule is CCOc1ccccc1N1CCN(CC2=C(C(=O)OC)[C@@H](c3ccc(OC)cc3)NC(=O)N2)CC1. The monoisotopic (exact) mass is 480 g/mol. The molecule has 0 aliphatic carbocycles. The second-order valence-corrected chi connectivity index (χ2v) is 8.35. The molecule has 2 N–H and O–H groups in total. The van der Waals surface area contributed by atoms with Crippen molar-refractivity contribution in [2.75, 3.05) is 58.5 Å². The number of para-hydroxylation sites is 2. The van der Waals surface area contributed by atoms with E-state index in [1.54, 1.807) is 19.2 Å². The van der Waals surface area contributed by atoms with Crippen molar-refractivity contribution >= 4 is 17.7 Å². The molecule has 0 aromatic heterocycles. The van der Waals surface area contributed by atoms with E-state index in [2.05, 4.69) is 26.5 Å². The molecule has 4 rings (SSSR count). The molecular weight excluding hydrogens is 448 g/mol. The van der Waals surface area contributed by atoms with Crippen LogP contribution in [0.2, 0.25) is 0 Å². The van der Waals surface area contributed by atoms with Crippen molar-refractivity contribution < 1.29 is 23.8 Å². The number of hydrogen-bond donors (Lipinski definition) is 2. The van der Waals surface area contributed by atoms with Gasteiger partial charge in [-0.25, -0.2) is 9.59 Å². The molecule has 0 radical (unpaired) electrons. The predicted molar refractivity (Wildman–Crippen MR) is 133 cm³/mol. The summed E-state index contributed by atoms with van der Waals surface area (Å²) in [5.41, 5.74) is 2.82. The van der Waals surface area contributed by atoms with Crippen molar-refractivity contribution in [3.63, 3.8) is 0 Å². The molecule has 2 aliphatic heterocycles. The Kier molecular flexibility index (Phi) is 7.77. The molecule has 2 amide bonds. The smallest absolute Gasteiger partial charge is 0.338 e. The lowest BCUT2D eigenvalue weighted by atomic mass is 9.95. The van der Waals surface area contributed by atoms with Gasteiger partial charge in [-0.2, -0.15) is 0 Å². The summed E-state index contributed by atoms with van der Waals surface area (Å²) in [5, 5.41) is 5.71. The lowest BCUT2D eigenvalue weighted by Crippen LogP contribution is -2.51. The highest BCUT2D eigenvalue weighted by atomic mass is 16.5. The minimum Gasteiger partial charge on any atom is -0.497 e. The quantitative estimate of drug-likeness (QED) is 0.562. The van der Waals surface area contributed by atoms with Crippen LogP contribution in [0.3, 0.4) is 0 Å². The molecule has 0 unspecified atom stereocenters. The Labute approximate surface area is 205 Å². The standard InChI is InChI=1S/C26H32N4O5/c1-4-35-22-8-6-5-7-21(22)30-15-13-29(14-16-30)17-20-23(25(31)34-3)24(28-26(32)27-20)18-9-11-19(33-2)12-10-18/h5-12,24H,4,13-17H2,1-3H3,(H2,27,28,32)/t24-/m1/s1. The zero-order valence-corrected chi connectivity index (χ0v) is 20.4. The van der Waals surface area contributed by atoms with Crippen molar-refractivity contribution in [2.24, 2.45) is 0 Å². The minimum absolute atomic E-state index is 0.349. The molecule has 2 aromatic carbocycles. The van der Waals surface area contributed by atoms with Crippen LogP contribution in [0.15, 0.2) is 59.8 Å². The maximum atomic E-state index is 12.8. The average molecular weight is 481 g/mol. The van der Waals surface area contributed by atoms with E-state index >= 15 is 0 Å². The van der Waals surface area contributed by atoms with Crippen LogP contribution >= 0.6 is 0 Å².